The first-order valence-electron chi connectivity index (χ1n) is 16.9. The number of hydrogen-bond donors (Lipinski definition) is 3. The zero-order valence-electron chi connectivity index (χ0n) is 30.3. The molecular formula is C36H38IN7O10S2. The predicted octanol–water partition coefficient (Wildman–Crippen LogP) is 3.41. The second-order valence-corrected chi connectivity index (χ2v) is 17.4. The Morgan fingerprint density at radius 1 is 0.821 bits per heavy atom. The molecule has 2 heterocycles. The molecule has 2 atom stereocenters. The summed E-state index contributed by atoms with van der Waals surface area (Å²) in [7, 11) is -5.09. The summed E-state index contributed by atoms with van der Waals surface area (Å²) < 4.78 is 80.9. The number of carbonyl (C=O) groups is 1. The number of rotatable bonds is 15. The van der Waals surface area contributed by atoms with Crippen LogP contribution in [0.4, 0.5) is 4.79 Å². The van der Waals surface area contributed by atoms with Crippen LogP contribution < -0.4 is 18.9 Å². The van der Waals surface area contributed by atoms with Gasteiger partial charge in [-0.25, -0.2) is 31.0 Å². The van der Waals surface area contributed by atoms with Gasteiger partial charge >= 0.3 is 6.09 Å². The Hall–Kier alpha value is -4.87. The number of aliphatic hydroxyl groups excluding tert-OH is 1. The number of halogens is 1. The number of aromatic nitrogens is 4. The first-order chi connectivity index (χ1) is 26.7. The lowest BCUT2D eigenvalue weighted by molar-refractivity contribution is 0.138. The highest BCUT2D eigenvalue weighted by Gasteiger charge is 2.41. The Kier molecular flexibility index (Phi) is 12.5. The van der Waals surface area contributed by atoms with Gasteiger partial charge in [-0.05, 0) is 98.2 Å². The Labute approximate surface area is 337 Å². The van der Waals surface area contributed by atoms with Crippen molar-refractivity contribution in [3.63, 3.8) is 0 Å². The van der Waals surface area contributed by atoms with Crippen molar-refractivity contribution in [1.29, 1.82) is 0 Å². The van der Waals surface area contributed by atoms with Crippen molar-refractivity contribution in [2.45, 2.75) is 41.6 Å². The van der Waals surface area contributed by atoms with Gasteiger partial charge in [-0.15, -0.1) is 5.10 Å². The summed E-state index contributed by atoms with van der Waals surface area (Å²) in [5.41, 5.74) is 1.80. The fourth-order valence-electron chi connectivity index (χ4n) is 6.16. The minimum absolute atomic E-state index is 0.0346. The van der Waals surface area contributed by atoms with Gasteiger partial charge in [0.05, 0.1) is 52.1 Å². The molecule has 0 bridgehead atoms. The molecule has 0 unspecified atom stereocenters. The Balaban J connectivity index is 1.54. The van der Waals surface area contributed by atoms with Crippen molar-refractivity contribution in [1.82, 2.24) is 34.1 Å². The Bertz CT molecular complexity index is 2350. The molecule has 0 radical (unpaired) electrons. The lowest BCUT2D eigenvalue weighted by Gasteiger charge is -2.26. The summed E-state index contributed by atoms with van der Waals surface area (Å²) in [5, 5.41) is 32.4. The molecule has 1 aliphatic rings. The first kappa shape index (κ1) is 40.8. The van der Waals surface area contributed by atoms with E-state index in [1.54, 1.807) is 72.8 Å². The van der Waals surface area contributed by atoms with E-state index in [1.807, 2.05) is 22.6 Å². The minimum Gasteiger partial charge on any atom is -0.497 e. The third kappa shape index (κ3) is 8.89. The number of methoxy groups -OCH3 is 3. The second-order valence-electron chi connectivity index (χ2n) is 12.7. The summed E-state index contributed by atoms with van der Waals surface area (Å²) in [5.74, 6) is 1.69. The summed E-state index contributed by atoms with van der Waals surface area (Å²) in [6.45, 7) is -1.01. The molecule has 4 aromatic carbocycles. The number of nitrogens with zero attached hydrogens (tertiary/aromatic N) is 6. The Morgan fingerprint density at radius 3 is 1.82 bits per heavy atom. The highest BCUT2D eigenvalue weighted by molar-refractivity contribution is 14.1. The molecule has 0 spiro atoms. The van der Waals surface area contributed by atoms with Crippen molar-refractivity contribution in [3.05, 3.63) is 105 Å². The van der Waals surface area contributed by atoms with Crippen molar-refractivity contribution >= 4 is 48.7 Å². The molecule has 56 heavy (non-hydrogen) atoms. The van der Waals surface area contributed by atoms with Crippen LogP contribution >= 0.6 is 22.6 Å². The summed E-state index contributed by atoms with van der Waals surface area (Å²) in [4.78, 5) is 11.3. The van der Waals surface area contributed by atoms with E-state index in [0.29, 0.717) is 31.9 Å². The van der Waals surface area contributed by atoms with E-state index in [1.165, 1.54) is 32.1 Å². The maximum atomic E-state index is 15.5. The third-order valence-electron chi connectivity index (χ3n) is 9.11. The lowest BCUT2D eigenvalue weighted by Crippen LogP contribution is -2.43. The van der Waals surface area contributed by atoms with Gasteiger partial charge in [0, 0.05) is 23.2 Å². The van der Waals surface area contributed by atoms with Gasteiger partial charge < -0.3 is 29.3 Å². The number of likely N-dealkylation sites (tertiary alicyclic amines) is 1. The number of tetrazole rings is 1. The van der Waals surface area contributed by atoms with E-state index in [4.69, 9.17) is 14.2 Å². The highest BCUT2D eigenvalue weighted by Crippen LogP contribution is 2.39. The van der Waals surface area contributed by atoms with Gasteiger partial charge in [0.15, 0.2) is 5.82 Å². The maximum Gasteiger partial charge on any atom is 0.407 e. The van der Waals surface area contributed by atoms with Crippen molar-refractivity contribution in [3.8, 4) is 28.6 Å². The molecule has 20 heteroatoms. The number of ether oxygens (including phenoxy) is 3. The van der Waals surface area contributed by atoms with E-state index in [9.17, 15) is 23.4 Å². The van der Waals surface area contributed by atoms with Crippen LogP contribution in [-0.2, 0) is 39.7 Å². The molecule has 0 aliphatic carbocycles. The van der Waals surface area contributed by atoms with E-state index >= 15 is 8.42 Å². The SMILES string of the molecule is COc1ccc(CN(Cc2ccc(OC)cc2)S(=O)(=O)c2c(S(=O)(=O)N[C@H]3CN(C(=O)O)C[C@H]3O)ccc(I)c2-c2nnnn2Cc2ccc(OC)cc2)cc1. The molecule has 6 rings (SSSR count). The molecule has 1 fully saturated rings. The molecule has 1 amide bonds. The molecule has 1 saturated heterocycles. The summed E-state index contributed by atoms with van der Waals surface area (Å²) in [6.07, 6.45) is -2.75. The van der Waals surface area contributed by atoms with Crippen LogP contribution in [0, 0.1) is 3.57 Å². The average molecular weight is 920 g/mol. The zero-order valence-corrected chi connectivity index (χ0v) is 34.1. The molecule has 296 valence electrons. The molecule has 3 N–H and O–H groups in total. The van der Waals surface area contributed by atoms with Crippen molar-refractivity contribution in [2.24, 2.45) is 0 Å². The van der Waals surface area contributed by atoms with Crippen LogP contribution in [0.15, 0.2) is 94.7 Å². The average Bonchev–Trinajstić information content (AvgIpc) is 3.80. The van der Waals surface area contributed by atoms with E-state index < -0.39 is 48.1 Å². The molecular weight excluding hydrogens is 881 g/mol. The maximum absolute atomic E-state index is 15.5. The molecule has 1 aromatic heterocycles. The zero-order chi connectivity index (χ0) is 40.2. The number of carboxylic acid groups (broad SMARTS) is 1. The van der Waals surface area contributed by atoms with Crippen molar-refractivity contribution < 1.29 is 46.1 Å². The number of benzene rings is 4. The third-order valence-corrected chi connectivity index (χ3v) is 13.5. The van der Waals surface area contributed by atoms with Gasteiger partial charge in [-0.2, -0.15) is 4.31 Å². The first-order valence-corrected chi connectivity index (χ1v) is 20.9. The number of sulfonamides is 2. The van der Waals surface area contributed by atoms with Crippen LogP contribution in [0.3, 0.4) is 0 Å². The predicted molar refractivity (Wildman–Crippen MR) is 210 cm³/mol. The number of hydrogen-bond acceptors (Lipinski definition) is 12. The quantitative estimate of drug-likeness (QED) is 0.129. The van der Waals surface area contributed by atoms with Crippen LogP contribution in [0.1, 0.15) is 16.7 Å². The van der Waals surface area contributed by atoms with E-state index in [2.05, 4.69) is 20.2 Å². The number of β-amino-alcohol motifs (C(OH)–C–C–N with tert-alkyl or cyclic N) is 1. The Morgan fingerprint density at radius 2 is 1.34 bits per heavy atom. The molecule has 1 aliphatic heterocycles. The smallest absolute Gasteiger partial charge is 0.407 e. The highest BCUT2D eigenvalue weighted by atomic mass is 127. The molecule has 0 saturated carbocycles. The van der Waals surface area contributed by atoms with Crippen LogP contribution in [0.25, 0.3) is 11.4 Å². The van der Waals surface area contributed by atoms with Gasteiger partial charge in [0.25, 0.3) is 0 Å². The molecule has 17 nitrogen and oxygen atoms in total. The lowest BCUT2D eigenvalue weighted by atomic mass is 10.2. The fraction of sp³-hybridized carbons (Fsp3) is 0.278. The fourth-order valence-corrected chi connectivity index (χ4v) is 10.7. The largest absolute Gasteiger partial charge is 0.497 e. The topological polar surface area (TPSA) is 216 Å². The standard InChI is InChI=1S/C36H38IN7O10S2/c1-52-26-10-4-23(5-11-26)18-43(19-24-6-12-27(53-2)13-7-24)56(50,51)34-32(55(48,49)39-30-21-42(36(46)47)22-31(30)45)17-16-29(37)33(34)35-38-40-41-44(35)20-25-8-14-28(54-3)15-9-25/h4-17,30-31,39,45H,18-22H2,1-3H3,(H,46,47)/t30-,31+/m0/s1. The minimum atomic E-state index is -4.84. The van der Waals surface area contributed by atoms with Gasteiger partial charge in [0.2, 0.25) is 20.0 Å². The van der Waals surface area contributed by atoms with Crippen molar-refractivity contribution in [2.75, 3.05) is 34.4 Å². The number of amides is 1. The monoisotopic (exact) mass is 919 g/mol. The van der Waals surface area contributed by atoms with Gasteiger partial charge in [0.1, 0.15) is 27.0 Å². The molecule has 5 aromatic rings. The van der Waals surface area contributed by atoms with E-state index in [-0.39, 0.29) is 44.1 Å². The van der Waals surface area contributed by atoms with Gasteiger partial charge in [-0.3, -0.25) is 0 Å². The number of aliphatic hydroxyl groups is 1. The van der Waals surface area contributed by atoms with Crippen LogP contribution in [0.5, 0.6) is 17.2 Å². The van der Waals surface area contributed by atoms with Crippen LogP contribution in [-0.4, -0.2) is 109 Å². The summed E-state index contributed by atoms with van der Waals surface area (Å²) >= 11 is 1.92. The van der Waals surface area contributed by atoms with Crippen LogP contribution in [0.2, 0.25) is 0 Å². The van der Waals surface area contributed by atoms with Gasteiger partial charge in [-0.1, -0.05) is 36.4 Å². The van der Waals surface area contributed by atoms with E-state index in [0.717, 1.165) is 20.8 Å². The summed E-state index contributed by atoms with van der Waals surface area (Å²) in [6, 6.07) is 21.9. The normalized spacial score (nSPS) is 15.9. The second kappa shape index (κ2) is 17.1. The number of nitrogens with one attached hydrogen (secondary N) is 1.